The Morgan fingerprint density at radius 3 is 2.68 bits per heavy atom. The molecule has 6 heteroatoms. The molecule has 110 valence electrons. The van der Waals surface area contributed by atoms with E-state index in [4.69, 9.17) is 9.84 Å². The second-order valence-electron chi connectivity index (χ2n) is 5.77. The molecule has 0 aliphatic carbocycles. The van der Waals surface area contributed by atoms with Crippen LogP contribution in [-0.4, -0.2) is 42.9 Å². The highest BCUT2D eigenvalue weighted by atomic mass is 16.5. The highest BCUT2D eigenvalue weighted by molar-refractivity contribution is 5.74. The van der Waals surface area contributed by atoms with Gasteiger partial charge in [0.25, 0.3) is 0 Å². The summed E-state index contributed by atoms with van der Waals surface area (Å²) in [6.07, 6.45) is 2.40. The summed E-state index contributed by atoms with van der Waals surface area (Å²) in [6.45, 7) is 5.86. The predicted octanol–water partition coefficient (Wildman–Crippen LogP) is 1.36. The quantitative estimate of drug-likeness (QED) is 0.653. The Labute approximate surface area is 113 Å². The van der Waals surface area contributed by atoms with E-state index in [2.05, 4.69) is 10.6 Å². The highest BCUT2D eigenvalue weighted by Crippen LogP contribution is 2.25. The maximum atomic E-state index is 11.6. The molecule has 1 fully saturated rings. The number of nitrogens with one attached hydrogen (secondary N) is 2. The first-order valence-corrected chi connectivity index (χ1v) is 6.73. The first kappa shape index (κ1) is 15.8. The maximum absolute atomic E-state index is 11.6. The molecule has 0 spiro atoms. The van der Waals surface area contributed by atoms with Crippen molar-refractivity contribution in [3.05, 3.63) is 0 Å². The number of carboxylic acids is 1. The number of carboxylic acid groups (broad SMARTS) is 1. The van der Waals surface area contributed by atoms with Crippen molar-refractivity contribution in [3.63, 3.8) is 0 Å². The second-order valence-corrected chi connectivity index (χ2v) is 5.77. The van der Waals surface area contributed by atoms with E-state index in [0.29, 0.717) is 26.2 Å². The molecule has 1 unspecified atom stereocenters. The van der Waals surface area contributed by atoms with Gasteiger partial charge in [-0.3, -0.25) is 4.79 Å². The molecule has 0 aromatic rings. The van der Waals surface area contributed by atoms with Crippen molar-refractivity contribution in [1.29, 1.82) is 0 Å². The Balaban J connectivity index is 2.13. The normalized spacial score (nSPS) is 19.2. The fourth-order valence-corrected chi connectivity index (χ4v) is 1.97. The number of hydrogen-bond donors (Lipinski definition) is 3. The predicted molar refractivity (Wildman–Crippen MR) is 71.0 cm³/mol. The molecule has 0 aromatic carbocycles. The van der Waals surface area contributed by atoms with Crippen LogP contribution in [0.25, 0.3) is 0 Å². The lowest BCUT2D eigenvalue weighted by molar-refractivity contribution is -0.137. The van der Waals surface area contributed by atoms with Gasteiger partial charge < -0.3 is 20.5 Å². The van der Waals surface area contributed by atoms with Crippen molar-refractivity contribution in [2.75, 3.05) is 19.8 Å². The molecule has 1 aliphatic heterocycles. The van der Waals surface area contributed by atoms with Gasteiger partial charge in [-0.05, 0) is 24.7 Å². The van der Waals surface area contributed by atoms with E-state index < -0.39 is 5.97 Å². The summed E-state index contributed by atoms with van der Waals surface area (Å²) in [5.74, 6) is -0.778. The summed E-state index contributed by atoms with van der Waals surface area (Å²) in [7, 11) is 0. The van der Waals surface area contributed by atoms with Gasteiger partial charge in [-0.25, -0.2) is 4.79 Å². The zero-order valence-electron chi connectivity index (χ0n) is 11.7. The summed E-state index contributed by atoms with van der Waals surface area (Å²) in [4.78, 5) is 22.1. The average Bonchev–Trinajstić information content (AvgIpc) is 2.79. The lowest BCUT2D eigenvalue weighted by Gasteiger charge is -2.24. The van der Waals surface area contributed by atoms with E-state index in [1.807, 2.05) is 13.8 Å². The number of carbonyl (C=O) groups excluding carboxylic acids is 1. The van der Waals surface area contributed by atoms with Gasteiger partial charge in [0.15, 0.2) is 0 Å². The van der Waals surface area contributed by atoms with Crippen LogP contribution in [0.5, 0.6) is 0 Å². The number of hydrogen-bond acceptors (Lipinski definition) is 3. The highest BCUT2D eigenvalue weighted by Gasteiger charge is 2.20. The molecule has 19 heavy (non-hydrogen) atoms. The van der Waals surface area contributed by atoms with Crippen LogP contribution >= 0.6 is 0 Å². The summed E-state index contributed by atoms with van der Waals surface area (Å²) < 4.78 is 5.17. The van der Waals surface area contributed by atoms with Crippen LogP contribution < -0.4 is 10.6 Å². The van der Waals surface area contributed by atoms with Gasteiger partial charge in [-0.15, -0.1) is 0 Å². The molecular formula is C13H24N2O4. The standard InChI is InChI=1S/C13H24N2O4/c1-13(2,5-3-11(16)17)6-7-14-12(18)15-10-4-8-19-9-10/h10H,3-9H2,1-2H3,(H,16,17)(H2,14,15,18). The van der Waals surface area contributed by atoms with Crippen LogP contribution in [0.15, 0.2) is 0 Å². The maximum Gasteiger partial charge on any atom is 0.315 e. The zero-order chi connectivity index (χ0) is 14.3. The topological polar surface area (TPSA) is 87.7 Å². The van der Waals surface area contributed by atoms with E-state index >= 15 is 0 Å². The Bertz CT molecular complexity index is 312. The number of aliphatic carboxylic acids is 1. The van der Waals surface area contributed by atoms with Crippen molar-refractivity contribution in [3.8, 4) is 0 Å². The molecule has 1 rings (SSSR count). The fraction of sp³-hybridized carbons (Fsp3) is 0.846. The number of amides is 2. The summed E-state index contributed by atoms with van der Waals surface area (Å²) in [5, 5.41) is 14.3. The molecule has 1 atom stereocenters. The Hall–Kier alpha value is -1.30. The molecule has 3 N–H and O–H groups in total. The van der Waals surface area contributed by atoms with E-state index in [0.717, 1.165) is 12.8 Å². The number of carbonyl (C=O) groups is 2. The van der Waals surface area contributed by atoms with E-state index in [9.17, 15) is 9.59 Å². The zero-order valence-corrected chi connectivity index (χ0v) is 11.7. The lowest BCUT2D eigenvalue weighted by Crippen LogP contribution is -2.43. The van der Waals surface area contributed by atoms with Gasteiger partial charge in [0.2, 0.25) is 0 Å². The molecule has 0 radical (unpaired) electrons. The van der Waals surface area contributed by atoms with Gasteiger partial charge >= 0.3 is 12.0 Å². The SMILES string of the molecule is CC(C)(CCNC(=O)NC1CCOC1)CCC(=O)O. The third kappa shape index (κ3) is 7.00. The van der Waals surface area contributed by atoms with E-state index in [1.54, 1.807) is 0 Å². The third-order valence-electron chi connectivity index (χ3n) is 3.37. The minimum Gasteiger partial charge on any atom is -0.481 e. The smallest absolute Gasteiger partial charge is 0.315 e. The number of rotatable bonds is 7. The monoisotopic (exact) mass is 272 g/mol. The summed E-state index contributed by atoms with van der Waals surface area (Å²) in [5.41, 5.74) is -0.0812. The fourth-order valence-electron chi connectivity index (χ4n) is 1.97. The van der Waals surface area contributed by atoms with Gasteiger partial charge in [-0.1, -0.05) is 13.8 Å². The third-order valence-corrected chi connectivity index (χ3v) is 3.37. The van der Waals surface area contributed by atoms with Crippen molar-refractivity contribution in [1.82, 2.24) is 10.6 Å². The van der Waals surface area contributed by atoms with E-state index in [-0.39, 0.29) is 23.9 Å². The molecule has 1 heterocycles. The van der Waals surface area contributed by atoms with Crippen LogP contribution in [0.2, 0.25) is 0 Å². The van der Waals surface area contributed by atoms with Crippen molar-refractivity contribution >= 4 is 12.0 Å². The number of urea groups is 1. The van der Waals surface area contributed by atoms with Crippen molar-refractivity contribution in [2.45, 2.75) is 45.6 Å². The molecule has 1 aliphatic rings. The van der Waals surface area contributed by atoms with Gasteiger partial charge in [0.1, 0.15) is 0 Å². The van der Waals surface area contributed by atoms with Crippen LogP contribution in [0.1, 0.15) is 39.5 Å². The van der Waals surface area contributed by atoms with E-state index in [1.165, 1.54) is 0 Å². The molecule has 6 nitrogen and oxygen atoms in total. The van der Waals surface area contributed by atoms with Crippen LogP contribution in [0, 0.1) is 5.41 Å². The summed E-state index contributed by atoms with van der Waals surface area (Å²) >= 11 is 0. The van der Waals surface area contributed by atoms with Crippen molar-refractivity contribution in [2.24, 2.45) is 5.41 Å². The average molecular weight is 272 g/mol. The first-order valence-electron chi connectivity index (χ1n) is 6.73. The lowest BCUT2D eigenvalue weighted by atomic mass is 9.84. The van der Waals surface area contributed by atoms with Crippen LogP contribution in [0.3, 0.4) is 0 Å². The summed E-state index contributed by atoms with van der Waals surface area (Å²) in [6, 6.07) is -0.0652. The Morgan fingerprint density at radius 2 is 2.11 bits per heavy atom. The first-order chi connectivity index (χ1) is 8.89. The molecule has 0 aromatic heterocycles. The number of ether oxygens (including phenoxy) is 1. The van der Waals surface area contributed by atoms with Gasteiger partial charge in [-0.2, -0.15) is 0 Å². The van der Waals surface area contributed by atoms with Crippen LogP contribution in [0.4, 0.5) is 4.79 Å². The van der Waals surface area contributed by atoms with Crippen molar-refractivity contribution < 1.29 is 19.4 Å². The molecule has 0 saturated carbocycles. The Morgan fingerprint density at radius 1 is 1.37 bits per heavy atom. The van der Waals surface area contributed by atoms with Gasteiger partial charge in [0, 0.05) is 19.6 Å². The molecule has 0 bridgehead atoms. The largest absolute Gasteiger partial charge is 0.481 e. The molecular weight excluding hydrogens is 248 g/mol. The Kier molecular flexibility index (Phi) is 6.08. The minimum absolute atomic E-state index is 0.0812. The second kappa shape index (κ2) is 7.33. The van der Waals surface area contributed by atoms with Crippen LogP contribution in [-0.2, 0) is 9.53 Å². The molecule has 1 saturated heterocycles. The molecule has 2 amide bonds. The minimum atomic E-state index is -0.778. The van der Waals surface area contributed by atoms with Gasteiger partial charge in [0.05, 0.1) is 12.6 Å².